The minimum Gasteiger partial charge on any atom is -0.368 e. The molecule has 0 aliphatic rings. The summed E-state index contributed by atoms with van der Waals surface area (Å²) in [6.45, 7) is 4.19. The van der Waals surface area contributed by atoms with E-state index in [2.05, 4.69) is 20.5 Å². The highest BCUT2D eigenvalue weighted by Crippen LogP contribution is 2.19. The van der Waals surface area contributed by atoms with Gasteiger partial charge in [-0.2, -0.15) is 0 Å². The van der Waals surface area contributed by atoms with Gasteiger partial charge in [0.15, 0.2) is 23.3 Å². The van der Waals surface area contributed by atoms with Crippen molar-refractivity contribution in [1.29, 1.82) is 0 Å². The van der Waals surface area contributed by atoms with E-state index < -0.39 is 11.6 Å². The topological polar surface area (TPSA) is 40.2 Å². The third-order valence-electron chi connectivity index (χ3n) is 2.80. The molecule has 4 nitrogen and oxygen atoms in total. The van der Waals surface area contributed by atoms with E-state index in [1.165, 1.54) is 0 Å². The maximum Gasteiger partial charge on any atom is 0.168 e. The standard InChI is InChI=1S/C14H24F2N4/c1-4-7-17-13-11(15)10-12(16)14(19-13)18-8-5-6-9-20(2)3/h10H,4-9H2,1-3H3,(H2,17,18,19). The minimum absolute atomic E-state index is 0.101. The van der Waals surface area contributed by atoms with Gasteiger partial charge in [-0.3, -0.25) is 0 Å². The first kappa shape index (κ1) is 16.6. The molecule has 0 radical (unpaired) electrons. The second-order valence-electron chi connectivity index (χ2n) is 5.01. The van der Waals surface area contributed by atoms with Crippen LogP contribution in [-0.2, 0) is 0 Å². The van der Waals surface area contributed by atoms with Gasteiger partial charge in [0.1, 0.15) is 0 Å². The number of nitrogens with one attached hydrogen (secondary N) is 2. The van der Waals surface area contributed by atoms with Crippen LogP contribution in [0.1, 0.15) is 26.2 Å². The molecular formula is C14H24F2N4. The molecule has 6 heteroatoms. The highest BCUT2D eigenvalue weighted by Gasteiger charge is 2.11. The first-order chi connectivity index (χ1) is 9.54. The minimum atomic E-state index is -0.658. The van der Waals surface area contributed by atoms with Gasteiger partial charge in [-0.05, 0) is 39.9 Å². The molecule has 0 bridgehead atoms. The molecule has 2 N–H and O–H groups in total. The Hall–Kier alpha value is -1.43. The summed E-state index contributed by atoms with van der Waals surface area (Å²) in [4.78, 5) is 6.06. The van der Waals surface area contributed by atoms with E-state index in [1.54, 1.807) is 0 Å². The lowest BCUT2D eigenvalue weighted by molar-refractivity contribution is 0.396. The van der Waals surface area contributed by atoms with Gasteiger partial charge in [-0.15, -0.1) is 0 Å². The van der Waals surface area contributed by atoms with Crippen molar-refractivity contribution in [3.8, 4) is 0 Å². The maximum absolute atomic E-state index is 13.6. The summed E-state index contributed by atoms with van der Waals surface area (Å²) in [5.74, 6) is -1.11. The van der Waals surface area contributed by atoms with Crippen LogP contribution in [0.15, 0.2) is 6.07 Å². The molecular weight excluding hydrogens is 262 g/mol. The predicted octanol–water partition coefficient (Wildman–Crippen LogP) is 2.94. The molecule has 0 saturated carbocycles. The van der Waals surface area contributed by atoms with Crippen LogP contribution in [0.25, 0.3) is 0 Å². The highest BCUT2D eigenvalue weighted by molar-refractivity contribution is 5.47. The number of hydrogen-bond donors (Lipinski definition) is 2. The monoisotopic (exact) mass is 286 g/mol. The summed E-state index contributed by atoms with van der Waals surface area (Å²) in [5.41, 5.74) is 0. The molecule has 0 spiro atoms. The van der Waals surface area contributed by atoms with Crippen LogP contribution in [0.2, 0.25) is 0 Å². The van der Waals surface area contributed by atoms with Gasteiger partial charge in [-0.1, -0.05) is 6.92 Å². The smallest absolute Gasteiger partial charge is 0.168 e. The molecule has 0 aliphatic carbocycles. The Balaban J connectivity index is 2.51. The van der Waals surface area contributed by atoms with Crippen LogP contribution >= 0.6 is 0 Å². The van der Waals surface area contributed by atoms with Crippen LogP contribution in [0, 0.1) is 11.6 Å². The van der Waals surface area contributed by atoms with E-state index in [1.807, 2.05) is 21.0 Å². The number of halogens is 2. The van der Waals surface area contributed by atoms with Crippen molar-refractivity contribution >= 4 is 11.6 Å². The predicted molar refractivity (Wildman–Crippen MR) is 79.2 cm³/mol. The zero-order valence-corrected chi connectivity index (χ0v) is 12.5. The number of hydrogen-bond acceptors (Lipinski definition) is 4. The van der Waals surface area contributed by atoms with Crippen LogP contribution in [0.4, 0.5) is 20.4 Å². The normalized spacial score (nSPS) is 10.9. The molecule has 1 rings (SSSR count). The third kappa shape index (κ3) is 5.69. The van der Waals surface area contributed by atoms with Crippen LogP contribution in [-0.4, -0.2) is 43.6 Å². The molecule has 1 heterocycles. The van der Waals surface area contributed by atoms with Gasteiger partial charge in [0.25, 0.3) is 0 Å². The Labute approximate surface area is 119 Å². The van der Waals surface area contributed by atoms with Crippen LogP contribution in [0.5, 0.6) is 0 Å². The summed E-state index contributed by atoms with van der Waals surface area (Å²) in [5, 5.41) is 5.77. The van der Waals surface area contributed by atoms with Gasteiger partial charge in [0.2, 0.25) is 0 Å². The molecule has 0 aromatic carbocycles. The highest BCUT2D eigenvalue weighted by atomic mass is 19.1. The van der Waals surface area contributed by atoms with Gasteiger partial charge in [0, 0.05) is 19.2 Å². The van der Waals surface area contributed by atoms with Gasteiger partial charge in [0.05, 0.1) is 0 Å². The molecule has 0 saturated heterocycles. The molecule has 114 valence electrons. The first-order valence-electron chi connectivity index (χ1n) is 7.03. The fourth-order valence-electron chi connectivity index (χ4n) is 1.72. The number of unbranched alkanes of at least 4 members (excludes halogenated alkanes) is 1. The van der Waals surface area contributed by atoms with Crippen molar-refractivity contribution in [3.05, 3.63) is 17.7 Å². The Morgan fingerprint density at radius 3 is 2.20 bits per heavy atom. The molecule has 1 aromatic heterocycles. The Kier molecular flexibility index (Phi) is 7.22. The van der Waals surface area contributed by atoms with Gasteiger partial charge < -0.3 is 15.5 Å². The number of pyridine rings is 1. The SMILES string of the molecule is CCCNc1nc(NCCCCN(C)C)c(F)cc1F. The van der Waals surface area contributed by atoms with Gasteiger partial charge in [-0.25, -0.2) is 13.8 Å². The fourth-order valence-corrected chi connectivity index (χ4v) is 1.72. The average molecular weight is 286 g/mol. The summed E-state index contributed by atoms with van der Waals surface area (Å²) >= 11 is 0. The Morgan fingerprint density at radius 1 is 1.05 bits per heavy atom. The van der Waals surface area contributed by atoms with E-state index in [4.69, 9.17) is 0 Å². The lowest BCUT2D eigenvalue weighted by Gasteiger charge is -2.12. The summed E-state index contributed by atoms with van der Waals surface area (Å²) in [6.07, 6.45) is 2.78. The van der Waals surface area contributed by atoms with Crippen molar-refractivity contribution in [2.75, 3.05) is 44.4 Å². The van der Waals surface area contributed by atoms with Crippen molar-refractivity contribution in [1.82, 2.24) is 9.88 Å². The third-order valence-corrected chi connectivity index (χ3v) is 2.80. The molecule has 1 aromatic rings. The van der Waals surface area contributed by atoms with E-state index >= 15 is 0 Å². The van der Waals surface area contributed by atoms with Crippen molar-refractivity contribution in [2.24, 2.45) is 0 Å². The van der Waals surface area contributed by atoms with Crippen LogP contribution < -0.4 is 10.6 Å². The van der Waals surface area contributed by atoms with E-state index in [0.717, 1.165) is 31.9 Å². The second kappa shape index (κ2) is 8.68. The van der Waals surface area contributed by atoms with E-state index in [0.29, 0.717) is 13.1 Å². The number of aromatic nitrogens is 1. The molecule has 0 unspecified atom stereocenters. The first-order valence-corrected chi connectivity index (χ1v) is 7.03. The second-order valence-corrected chi connectivity index (χ2v) is 5.01. The molecule has 0 amide bonds. The van der Waals surface area contributed by atoms with Crippen molar-refractivity contribution in [2.45, 2.75) is 26.2 Å². The molecule has 0 fully saturated rings. The number of rotatable bonds is 9. The zero-order valence-electron chi connectivity index (χ0n) is 12.5. The van der Waals surface area contributed by atoms with E-state index in [-0.39, 0.29) is 11.6 Å². The quantitative estimate of drug-likeness (QED) is 0.685. The summed E-state index contributed by atoms with van der Waals surface area (Å²) in [7, 11) is 4.03. The average Bonchev–Trinajstić information content (AvgIpc) is 2.39. The largest absolute Gasteiger partial charge is 0.368 e. The number of nitrogens with zero attached hydrogens (tertiary/aromatic N) is 2. The maximum atomic E-state index is 13.6. The molecule has 0 atom stereocenters. The summed E-state index contributed by atoms with van der Waals surface area (Å²) < 4.78 is 27.1. The Morgan fingerprint density at radius 2 is 1.65 bits per heavy atom. The van der Waals surface area contributed by atoms with Gasteiger partial charge >= 0.3 is 0 Å². The lowest BCUT2D eigenvalue weighted by atomic mass is 10.3. The lowest BCUT2D eigenvalue weighted by Crippen LogP contribution is -2.15. The Bertz CT molecular complexity index is 410. The van der Waals surface area contributed by atoms with E-state index in [9.17, 15) is 8.78 Å². The molecule has 20 heavy (non-hydrogen) atoms. The number of anilines is 2. The summed E-state index contributed by atoms with van der Waals surface area (Å²) in [6, 6.07) is 0.868. The van der Waals surface area contributed by atoms with Crippen LogP contribution in [0.3, 0.4) is 0 Å². The van der Waals surface area contributed by atoms with Crippen molar-refractivity contribution in [3.63, 3.8) is 0 Å². The molecule has 0 aliphatic heterocycles. The van der Waals surface area contributed by atoms with Crippen molar-refractivity contribution < 1.29 is 8.78 Å². The fraction of sp³-hybridized carbons (Fsp3) is 0.643. The zero-order chi connectivity index (χ0) is 15.0.